The van der Waals surface area contributed by atoms with Gasteiger partial charge in [0.05, 0.1) is 18.4 Å². The third-order valence-electron chi connectivity index (χ3n) is 6.05. The lowest BCUT2D eigenvalue weighted by Crippen LogP contribution is -2.47. The van der Waals surface area contributed by atoms with Crippen molar-refractivity contribution in [2.24, 2.45) is 0 Å². The molecule has 2 aromatic carbocycles. The van der Waals surface area contributed by atoms with Crippen molar-refractivity contribution in [2.45, 2.75) is 25.8 Å². The molecule has 1 aliphatic heterocycles. The maximum atomic E-state index is 14.4. The number of nitrogens with zero attached hydrogens (tertiary/aromatic N) is 4. The molecule has 1 saturated heterocycles. The molecule has 8 heteroatoms. The number of amides is 1. The van der Waals surface area contributed by atoms with Crippen LogP contribution in [0.3, 0.4) is 0 Å². The number of piperidine rings is 1. The van der Waals surface area contributed by atoms with Crippen molar-refractivity contribution < 1.29 is 13.9 Å². The van der Waals surface area contributed by atoms with Crippen LogP contribution >= 0.6 is 0 Å². The first-order valence-electron chi connectivity index (χ1n) is 10.9. The molecule has 1 N–H and O–H groups in total. The predicted molar refractivity (Wildman–Crippen MR) is 123 cm³/mol. The van der Waals surface area contributed by atoms with E-state index in [4.69, 9.17) is 10.00 Å². The zero-order valence-corrected chi connectivity index (χ0v) is 18.9. The van der Waals surface area contributed by atoms with E-state index >= 15 is 0 Å². The number of rotatable bonds is 5. The Balaban J connectivity index is 1.86. The number of methoxy groups -OCH3 is 1. The average Bonchev–Trinajstić information content (AvgIpc) is 3.20. The summed E-state index contributed by atoms with van der Waals surface area (Å²) in [6.07, 6.45) is 1.94. The molecule has 7 nitrogen and oxygen atoms in total. The molecule has 1 atom stereocenters. The number of carbonyl (C=O) groups excluding carboxylic acids is 1. The molecule has 0 radical (unpaired) electrons. The molecular formula is C25H26FN5O2. The van der Waals surface area contributed by atoms with E-state index in [1.54, 1.807) is 36.8 Å². The van der Waals surface area contributed by atoms with Crippen molar-refractivity contribution in [3.05, 3.63) is 65.2 Å². The quantitative estimate of drug-likeness (QED) is 0.645. The highest BCUT2D eigenvalue weighted by molar-refractivity contribution is 5.95. The lowest BCUT2D eigenvalue weighted by molar-refractivity contribution is 0.0689. The monoisotopic (exact) mass is 447 g/mol. The summed E-state index contributed by atoms with van der Waals surface area (Å²) in [6, 6.07) is 13.7. The second-order valence-electron chi connectivity index (χ2n) is 8.09. The summed E-state index contributed by atoms with van der Waals surface area (Å²) < 4.78 is 21.5. The van der Waals surface area contributed by atoms with Gasteiger partial charge in [-0.05, 0) is 69.3 Å². The summed E-state index contributed by atoms with van der Waals surface area (Å²) in [6.45, 7) is 3.07. The standard InChI is InChI=1S/C25H26FN5O2/c1-16-23(25(32)30-12-4-5-19(15-30)28-2)31(20-8-10-21(33-3)11-9-20)24(29-16)17-6-7-18(14-27)22(26)13-17/h6-11,13,19,28H,4-5,12,15H2,1-3H3/t19-/m1/s1. The fourth-order valence-corrected chi connectivity index (χ4v) is 4.25. The van der Waals surface area contributed by atoms with Crippen molar-refractivity contribution in [1.82, 2.24) is 19.8 Å². The highest BCUT2D eigenvalue weighted by atomic mass is 19.1. The van der Waals surface area contributed by atoms with Crippen LogP contribution in [0.1, 0.15) is 34.6 Å². The number of aryl methyl sites for hydroxylation is 1. The molecule has 2 heterocycles. The summed E-state index contributed by atoms with van der Waals surface area (Å²) in [5.74, 6) is 0.378. The van der Waals surface area contributed by atoms with E-state index in [0.717, 1.165) is 12.8 Å². The lowest BCUT2D eigenvalue weighted by atomic mass is 10.1. The predicted octanol–water partition coefficient (Wildman–Crippen LogP) is 3.69. The summed E-state index contributed by atoms with van der Waals surface area (Å²) in [7, 11) is 3.49. The second-order valence-corrected chi connectivity index (χ2v) is 8.09. The Morgan fingerprint density at radius 2 is 2.03 bits per heavy atom. The van der Waals surface area contributed by atoms with E-state index < -0.39 is 5.82 Å². The minimum atomic E-state index is -0.627. The first kappa shape index (κ1) is 22.5. The minimum Gasteiger partial charge on any atom is -0.497 e. The molecule has 1 aliphatic rings. The molecule has 33 heavy (non-hydrogen) atoms. The minimum absolute atomic E-state index is 0.0410. The maximum Gasteiger partial charge on any atom is 0.272 e. The van der Waals surface area contributed by atoms with Gasteiger partial charge in [0.1, 0.15) is 29.2 Å². The third kappa shape index (κ3) is 4.32. The molecule has 170 valence electrons. The number of benzene rings is 2. The van der Waals surface area contributed by atoms with Gasteiger partial charge in [-0.1, -0.05) is 0 Å². The second kappa shape index (κ2) is 9.43. The number of imidazole rings is 1. The van der Waals surface area contributed by atoms with Crippen molar-refractivity contribution in [3.8, 4) is 28.9 Å². The van der Waals surface area contributed by atoms with Gasteiger partial charge in [-0.3, -0.25) is 9.36 Å². The van der Waals surface area contributed by atoms with Crippen LogP contribution in [0.25, 0.3) is 17.1 Å². The number of ether oxygens (including phenoxy) is 1. The van der Waals surface area contributed by atoms with Crippen LogP contribution < -0.4 is 10.1 Å². The molecule has 0 spiro atoms. The Morgan fingerprint density at radius 3 is 2.67 bits per heavy atom. The number of nitrogens with one attached hydrogen (secondary N) is 1. The molecule has 0 bridgehead atoms. The SMILES string of the molecule is CN[C@@H]1CCCN(C(=O)c2c(C)nc(-c3ccc(C#N)c(F)c3)n2-c2ccc(OC)cc2)C1. The van der Waals surface area contributed by atoms with Gasteiger partial charge in [-0.2, -0.15) is 5.26 Å². The number of aromatic nitrogens is 2. The Morgan fingerprint density at radius 1 is 1.27 bits per heavy atom. The molecule has 1 fully saturated rings. The van der Waals surface area contributed by atoms with Gasteiger partial charge in [0.15, 0.2) is 0 Å². The van der Waals surface area contributed by atoms with Gasteiger partial charge in [0.25, 0.3) is 5.91 Å². The Bertz CT molecular complexity index is 1210. The van der Waals surface area contributed by atoms with Crippen LogP contribution in [-0.4, -0.2) is 53.6 Å². The fourth-order valence-electron chi connectivity index (χ4n) is 4.25. The van der Waals surface area contributed by atoms with Gasteiger partial charge in [0, 0.05) is 30.4 Å². The number of likely N-dealkylation sites (N-methyl/N-ethyl adjacent to an activating group) is 1. The van der Waals surface area contributed by atoms with Gasteiger partial charge < -0.3 is 15.0 Å². The van der Waals surface area contributed by atoms with Gasteiger partial charge >= 0.3 is 0 Å². The van der Waals surface area contributed by atoms with Crippen LogP contribution in [0.2, 0.25) is 0 Å². The highest BCUT2D eigenvalue weighted by Gasteiger charge is 2.30. The molecule has 1 amide bonds. The summed E-state index contributed by atoms with van der Waals surface area (Å²) in [5.41, 5.74) is 2.15. The number of halogens is 1. The third-order valence-corrected chi connectivity index (χ3v) is 6.05. The zero-order valence-electron chi connectivity index (χ0n) is 18.9. The Kier molecular flexibility index (Phi) is 6.43. The topological polar surface area (TPSA) is 83.2 Å². The molecule has 1 aromatic heterocycles. The first-order chi connectivity index (χ1) is 16.0. The molecule has 4 rings (SSSR count). The smallest absolute Gasteiger partial charge is 0.272 e. The van der Waals surface area contributed by atoms with Crippen molar-refractivity contribution in [1.29, 1.82) is 5.26 Å². The molecular weight excluding hydrogens is 421 g/mol. The largest absolute Gasteiger partial charge is 0.497 e. The first-order valence-corrected chi connectivity index (χ1v) is 10.9. The number of hydrogen-bond donors (Lipinski definition) is 1. The van der Waals surface area contributed by atoms with E-state index in [2.05, 4.69) is 10.3 Å². The highest BCUT2D eigenvalue weighted by Crippen LogP contribution is 2.30. The molecule has 0 unspecified atom stereocenters. The normalized spacial score (nSPS) is 15.8. The van der Waals surface area contributed by atoms with E-state index in [1.807, 2.05) is 30.1 Å². The molecule has 0 saturated carbocycles. The Hall–Kier alpha value is -3.70. The lowest BCUT2D eigenvalue weighted by Gasteiger charge is -2.33. The summed E-state index contributed by atoms with van der Waals surface area (Å²) in [5, 5.41) is 12.4. The number of likely N-dealkylation sites (tertiary alicyclic amines) is 1. The van der Waals surface area contributed by atoms with Gasteiger partial charge in [-0.15, -0.1) is 0 Å². The number of hydrogen-bond acceptors (Lipinski definition) is 5. The summed E-state index contributed by atoms with van der Waals surface area (Å²) >= 11 is 0. The van der Waals surface area contributed by atoms with Crippen LogP contribution in [0.4, 0.5) is 4.39 Å². The van der Waals surface area contributed by atoms with E-state index in [1.165, 1.54) is 12.1 Å². The number of carbonyl (C=O) groups is 1. The van der Waals surface area contributed by atoms with Crippen LogP contribution in [0, 0.1) is 24.1 Å². The van der Waals surface area contributed by atoms with Gasteiger partial charge in [0.2, 0.25) is 0 Å². The van der Waals surface area contributed by atoms with E-state index in [-0.39, 0.29) is 17.5 Å². The van der Waals surface area contributed by atoms with E-state index in [0.29, 0.717) is 47.3 Å². The van der Waals surface area contributed by atoms with Crippen LogP contribution in [-0.2, 0) is 0 Å². The van der Waals surface area contributed by atoms with Crippen molar-refractivity contribution in [2.75, 3.05) is 27.2 Å². The summed E-state index contributed by atoms with van der Waals surface area (Å²) in [4.78, 5) is 20.2. The molecule has 0 aliphatic carbocycles. The van der Waals surface area contributed by atoms with Crippen LogP contribution in [0.15, 0.2) is 42.5 Å². The van der Waals surface area contributed by atoms with Gasteiger partial charge in [-0.25, -0.2) is 9.37 Å². The van der Waals surface area contributed by atoms with Crippen molar-refractivity contribution >= 4 is 5.91 Å². The average molecular weight is 448 g/mol. The fraction of sp³-hybridized carbons (Fsp3) is 0.320. The number of nitriles is 1. The van der Waals surface area contributed by atoms with E-state index in [9.17, 15) is 9.18 Å². The maximum absolute atomic E-state index is 14.4. The molecule has 3 aromatic rings. The van der Waals surface area contributed by atoms with Crippen LogP contribution in [0.5, 0.6) is 5.75 Å². The Labute approximate surface area is 192 Å². The zero-order chi connectivity index (χ0) is 23.5. The van der Waals surface area contributed by atoms with Crippen molar-refractivity contribution in [3.63, 3.8) is 0 Å².